The molecule has 0 bridgehead atoms. The number of anilines is 2. The van der Waals surface area contributed by atoms with E-state index in [-0.39, 0.29) is 18.2 Å². The van der Waals surface area contributed by atoms with Gasteiger partial charge in [-0.05, 0) is 12.1 Å². The number of benzene rings is 1. The molecular weight excluding hydrogens is 266 g/mol. The monoisotopic (exact) mass is 283 g/mol. The average Bonchev–Trinajstić information content (AvgIpc) is 2.36. The van der Waals surface area contributed by atoms with Gasteiger partial charge in [-0.3, -0.25) is 4.79 Å². The number of sulfone groups is 1. The van der Waals surface area contributed by atoms with Gasteiger partial charge in [-0.25, -0.2) is 8.42 Å². The molecule has 0 saturated carbocycles. The molecule has 0 fully saturated rings. The van der Waals surface area contributed by atoms with Crippen molar-refractivity contribution in [1.29, 1.82) is 0 Å². The summed E-state index contributed by atoms with van der Waals surface area (Å²) in [6, 6.07) is 5.41. The van der Waals surface area contributed by atoms with Crippen molar-refractivity contribution in [2.75, 3.05) is 42.3 Å². The number of amides is 1. The molecule has 3 N–H and O–H groups in total. The highest BCUT2D eigenvalue weighted by Crippen LogP contribution is 2.28. The van der Waals surface area contributed by atoms with Crippen LogP contribution in [0.3, 0.4) is 0 Å². The Morgan fingerprint density at radius 3 is 2.79 bits per heavy atom. The summed E-state index contributed by atoms with van der Waals surface area (Å²) in [7, 11) is -3.06. The van der Waals surface area contributed by atoms with Gasteiger partial charge in [-0.15, -0.1) is 0 Å². The molecule has 0 saturated heterocycles. The number of para-hydroxylation sites is 1. The van der Waals surface area contributed by atoms with E-state index in [4.69, 9.17) is 0 Å². The highest BCUT2D eigenvalue weighted by molar-refractivity contribution is 7.90. The first kappa shape index (κ1) is 13.7. The third kappa shape index (κ3) is 3.60. The number of hydrogen-bond acceptors (Lipinski definition) is 5. The first-order valence-electron chi connectivity index (χ1n) is 6.04. The number of rotatable bonds is 4. The van der Waals surface area contributed by atoms with Gasteiger partial charge in [0.25, 0.3) is 5.91 Å². The van der Waals surface area contributed by atoms with Crippen LogP contribution < -0.4 is 16.0 Å². The van der Waals surface area contributed by atoms with Crippen LogP contribution in [-0.4, -0.2) is 46.0 Å². The van der Waals surface area contributed by atoms with Crippen LogP contribution in [-0.2, 0) is 9.84 Å². The molecule has 1 amide bonds. The first-order chi connectivity index (χ1) is 8.97. The number of carbonyl (C=O) groups is 1. The summed E-state index contributed by atoms with van der Waals surface area (Å²) in [6.45, 7) is 1.68. The van der Waals surface area contributed by atoms with Crippen LogP contribution in [0.1, 0.15) is 10.4 Å². The topological polar surface area (TPSA) is 87.3 Å². The highest BCUT2D eigenvalue weighted by atomic mass is 32.2. The maximum absolute atomic E-state index is 12.0. The van der Waals surface area contributed by atoms with E-state index in [1.807, 2.05) is 6.07 Å². The van der Waals surface area contributed by atoms with E-state index in [1.54, 1.807) is 12.1 Å². The van der Waals surface area contributed by atoms with Crippen LogP contribution in [0.25, 0.3) is 0 Å². The third-order valence-electron chi connectivity index (χ3n) is 2.81. The number of hydrogen-bond donors (Lipinski definition) is 3. The molecule has 0 atom stereocenters. The zero-order valence-corrected chi connectivity index (χ0v) is 11.5. The fraction of sp³-hybridized carbons (Fsp3) is 0.417. The zero-order valence-electron chi connectivity index (χ0n) is 10.7. The minimum absolute atomic E-state index is 0.0561. The molecule has 19 heavy (non-hydrogen) atoms. The molecule has 1 aromatic carbocycles. The molecule has 2 rings (SSSR count). The minimum atomic E-state index is -3.06. The van der Waals surface area contributed by atoms with Crippen LogP contribution in [0, 0.1) is 0 Å². The summed E-state index contributed by atoms with van der Waals surface area (Å²) < 4.78 is 22.0. The van der Waals surface area contributed by atoms with Crippen molar-refractivity contribution in [3.05, 3.63) is 23.8 Å². The Morgan fingerprint density at radius 2 is 2.05 bits per heavy atom. The van der Waals surface area contributed by atoms with E-state index in [1.165, 1.54) is 0 Å². The second-order valence-electron chi connectivity index (χ2n) is 4.47. The van der Waals surface area contributed by atoms with Crippen molar-refractivity contribution in [2.24, 2.45) is 0 Å². The summed E-state index contributed by atoms with van der Waals surface area (Å²) in [4.78, 5) is 12.0. The van der Waals surface area contributed by atoms with Gasteiger partial charge in [0.1, 0.15) is 9.84 Å². The fourth-order valence-corrected chi connectivity index (χ4v) is 2.38. The molecular formula is C12H17N3O3S. The Kier molecular flexibility index (Phi) is 3.94. The van der Waals surface area contributed by atoms with E-state index in [9.17, 15) is 13.2 Å². The fourth-order valence-electron chi connectivity index (χ4n) is 1.91. The van der Waals surface area contributed by atoms with Gasteiger partial charge >= 0.3 is 0 Å². The molecule has 1 aliphatic rings. The van der Waals surface area contributed by atoms with E-state index >= 15 is 0 Å². The lowest BCUT2D eigenvalue weighted by atomic mass is 10.1. The Labute approximate surface area is 112 Å². The zero-order chi connectivity index (χ0) is 13.9. The quantitative estimate of drug-likeness (QED) is 0.740. The van der Waals surface area contributed by atoms with E-state index in [2.05, 4.69) is 16.0 Å². The van der Waals surface area contributed by atoms with Gasteiger partial charge in [0.05, 0.1) is 22.7 Å². The van der Waals surface area contributed by atoms with Crippen LogP contribution in [0.4, 0.5) is 11.4 Å². The molecule has 0 aliphatic carbocycles. The predicted octanol–water partition coefficient (Wildman–Crippen LogP) is 0.298. The van der Waals surface area contributed by atoms with E-state index < -0.39 is 9.84 Å². The Hall–Kier alpha value is -1.76. The Balaban J connectivity index is 2.07. The summed E-state index contributed by atoms with van der Waals surface area (Å²) in [5, 5.41) is 9.00. The third-order valence-corrected chi connectivity index (χ3v) is 3.76. The van der Waals surface area contributed by atoms with Crippen LogP contribution in [0.5, 0.6) is 0 Å². The van der Waals surface area contributed by atoms with Gasteiger partial charge in [-0.2, -0.15) is 0 Å². The molecule has 1 heterocycles. The van der Waals surface area contributed by atoms with Gasteiger partial charge in [0, 0.05) is 25.9 Å². The van der Waals surface area contributed by atoms with Gasteiger partial charge in [0.15, 0.2) is 0 Å². The van der Waals surface area contributed by atoms with Crippen LogP contribution in [0.2, 0.25) is 0 Å². The van der Waals surface area contributed by atoms with Gasteiger partial charge in [-0.1, -0.05) is 6.07 Å². The van der Waals surface area contributed by atoms with Crippen molar-refractivity contribution in [3.63, 3.8) is 0 Å². The van der Waals surface area contributed by atoms with E-state index in [0.717, 1.165) is 30.7 Å². The number of nitrogens with one attached hydrogen (secondary N) is 3. The minimum Gasteiger partial charge on any atom is -0.382 e. The lowest BCUT2D eigenvalue weighted by Crippen LogP contribution is -2.30. The molecule has 0 radical (unpaired) electrons. The summed E-state index contributed by atoms with van der Waals surface area (Å²) in [5.41, 5.74) is 2.19. The maximum Gasteiger partial charge on any atom is 0.253 e. The number of fused-ring (bicyclic) bond motifs is 1. The number of carbonyl (C=O) groups excluding carboxylic acids is 1. The van der Waals surface area contributed by atoms with Crippen LogP contribution in [0.15, 0.2) is 18.2 Å². The molecule has 7 heteroatoms. The van der Waals surface area contributed by atoms with Crippen molar-refractivity contribution in [2.45, 2.75) is 0 Å². The Bertz CT molecular complexity index is 584. The smallest absolute Gasteiger partial charge is 0.253 e. The molecule has 1 aliphatic heterocycles. The molecule has 0 unspecified atom stereocenters. The van der Waals surface area contributed by atoms with Crippen molar-refractivity contribution < 1.29 is 13.2 Å². The van der Waals surface area contributed by atoms with Crippen molar-refractivity contribution in [3.8, 4) is 0 Å². The Morgan fingerprint density at radius 1 is 1.32 bits per heavy atom. The van der Waals surface area contributed by atoms with E-state index in [0.29, 0.717) is 5.56 Å². The molecule has 1 aromatic rings. The molecule has 6 nitrogen and oxygen atoms in total. The standard InChI is InChI=1S/C12H17N3O3S/c1-19(17,18)8-7-15-12(16)9-3-2-4-10-11(9)14-6-5-13-10/h2-4,13-14H,5-8H2,1H3,(H,15,16). The SMILES string of the molecule is CS(=O)(=O)CCNC(=O)c1cccc2c1NCCN2. The first-order valence-corrected chi connectivity index (χ1v) is 8.10. The molecule has 104 valence electrons. The second-order valence-corrected chi connectivity index (χ2v) is 6.73. The maximum atomic E-state index is 12.0. The van der Waals surface area contributed by atoms with Crippen molar-refractivity contribution in [1.82, 2.24) is 5.32 Å². The second kappa shape index (κ2) is 5.48. The normalized spacial score (nSPS) is 13.9. The summed E-state index contributed by atoms with van der Waals surface area (Å²) in [5.74, 6) is -0.323. The average molecular weight is 283 g/mol. The largest absolute Gasteiger partial charge is 0.382 e. The molecule has 0 aromatic heterocycles. The van der Waals surface area contributed by atoms with Crippen molar-refractivity contribution >= 4 is 27.1 Å². The van der Waals surface area contributed by atoms with Gasteiger partial charge in [0.2, 0.25) is 0 Å². The van der Waals surface area contributed by atoms with Gasteiger partial charge < -0.3 is 16.0 Å². The lowest BCUT2D eigenvalue weighted by Gasteiger charge is -2.22. The lowest BCUT2D eigenvalue weighted by molar-refractivity contribution is 0.0957. The highest BCUT2D eigenvalue weighted by Gasteiger charge is 2.17. The summed E-state index contributed by atoms with van der Waals surface area (Å²) >= 11 is 0. The predicted molar refractivity (Wildman–Crippen MR) is 75.5 cm³/mol. The van der Waals surface area contributed by atoms with Crippen LogP contribution >= 0.6 is 0 Å². The summed E-state index contributed by atoms with van der Waals surface area (Å²) in [6.07, 6.45) is 1.15. The molecule has 0 spiro atoms.